The lowest BCUT2D eigenvalue weighted by Gasteiger charge is -2.15. The molecule has 10 heteroatoms. The molecule has 0 saturated carbocycles. The van der Waals surface area contributed by atoms with Crippen LogP contribution in [0.3, 0.4) is 0 Å². The summed E-state index contributed by atoms with van der Waals surface area (Å²) in [5, 5.41) is 15.8. The number of hydrogen-bond acceptors (Lipinski definition) is 5. The van der Waals surface area contributed by atoms with Crippen LogP contribution >= 0.6 is 35.0 Å². The van der Waals surface area contributed by atoms with Gasteiger partial charge in [-0.1, -0.05) is 47.1 Å². The Kier molecular flexibility index (Phi) is 8.17. The molecule has 1 aromatic heterocycles. The minimum atomic E-state index is -0.397. The number of nitrogens with one attached hydrogen (secondary N) is 2. The van der Waals surface area contributed by atoms with Gasteiger partial charge in [0.1, 0.15) is 0 Å². The Morgan fingerprint density at radius 2 is 1.91 bits per heavy atom. The molecule has 1 atom stereocenters. The molecule has 2 aromatic carbocycles. The van der Waals surface area contributed by atoms with E-state index in [9.17, 15) is 9.59 Å². The standard InChI is InChI=1S/C22H23Cl2N5O2S/c1-4-29-20(14(3)25-21(31)16-7-5-6-8-17(16)24)27-28-22(29)32-12-19(30)26-18-10-9-15(23)11-13(18)2/h5-11,14H,4,12H2,1-3H3,(H,25,31)(H,26,30)/t14-/m0/s1. The van der Waals surface area contributed by atoms with Gasteiger partial charge in [0.2, 0.25) is 5.91 Å². The van der Waals surface area contributed by atoms with E-state index >= 15 is 0 Å². The van der Waals surface area contributed by atoms with Crippen LogP contribution in [0.2, 0.25) is 10.0 Å². The van der Waals surface area contributed by atoms with Crippen LogP contribution in [0.25, 0.3) is 0 Å². The van der Waals surface area contributed by atoms with E-state index in [0.29, 0.717) is 38.8 Å². The van der Waals surface area contributed by atoms with Crippen molar-refractivity contribution in [3.05, 3.63) is 69.5 Å². The zero-order valence-corrected chi connectivity index (χ0v) is 20.2. The van der Waals surface area contributed by atoms with Gasteiger partial charge >= 0.3 is 0 Å². The maximum Gasteiger partial charge on any atom is 0.253 e. The molecule has 3 aromatic rings. The molecule has 0 aliphatic heterocycles. The van der Waals surface area contributed by atoms with Crippen LogP contribution in [0.4, 0.5) is 5.69 Å². The molecule has 0 aliphatic carbocycles. The second-order valence-electron chi connectivity index (χ2n) is 7.06. The molecule has 0 radical (unpaired) electrons. The quantitative estimate of drug-likeness (QED) is 0.426. The van der Waals surface area contributed by atoms with Crippen LogP contribution in [0.15, 0.2) is 47.6 Å². The lowest BCUT2D eigenvalue weighted by molar-refractivity contribution is -0.113. The van der Waals surface area contributed by atoms with Crippen LogP contribution < -0.4 is 10.6 Å². The Morgan fingerprint density at radius 1 is 1.16 bits per heavy atom. The van der Waals surface area contributed by atoms with Crippen molar-refractivity contribution in [3.63, 3.8) is 0 Å². The first kappa shape index (κ1) is 24.1. The molecule has 0 fully saturated rings. The number of amides is 2. The Balaban J connectivity index is 1.64. The molecule has 168 valence electrons. The SMILES string of the molecule is CCn1c(SCC(=O)Nc2ccc(Cl)cc2C)nnc1[C@H](C)NC(=O)c1ccccc1Cl. The van der Waals surface area contributed by atoms with Crippen LogP contribution in [0.1, 0.15) is 41.6 Å². The molecule has 7 nitrogen and oxygen atoms in total. The topological polar surface area (TPSA) is 88.9 Å². The number of aromatic nitrogens is 3. The minimum absolute atomic E-state index is 0.160. The molecule has 1 heterocycles. The first-order valence-electron chi connectivity index (χ1n) is 9.97. The lowest BCUT2D eigenvalue weighted by atomic mass is 10.2. The molecule has 32 heavy (non-hydrogen) atoms. The maximum atomic E-state index is 12.6. The number of carbonyl (C=O) groups excluding carboxylic acids is 2. The highest BCUT2D eigenvalue weighted by molar-refractivity contribution is 7.99. The Hall–Kier alpha value is -2.55. The van der Waals surface area contributed by atoms with E-state index in [1.807, 2.05) is 25.3 Å². The molecule has 0 bridgehead atoms. The second kappa shape index (κ2) is 10.8. The van der Waals surface area contributed by atoms with Crippen molar-refractivity contribution < 1.29 is 9.59 Å². The molecule has 0 unspecified atom stereocenters. The molecular formula is C22H23Cl2N5O2S. The number of halogens is 2. The summed E-state index contributed by atoms with van der Waals surface area (Å²) in [6.45, 7) is 6.26. The van der Waals surface area contributed by atoms with E-state index in [0.717, 1.165) is 5.56 Å². The Morgan fingerprint density at radius 3 is 2.59 bits per heavy atom. The van der Waals surface area contributed by atoms with Gasteiger partial charge < -0.3 is 15.2 Å². The Labute approximate surface area is 200 Å². The summed E-state index contributed by atoms with van der Waals surface area (Å²) in [6, 6.07) is 11.8. The van der Waals surface area contributed by atoms with Crippen molar-refractivity contribution in [2.75, 3.05) is 11.1 Å². The highest BCUT2D eigenvalue weighted by atomic mass is 35.5. The smallest absolute Gasteiger partial charge is 0.253 e. The average molecular weight is 492 g/mol. The number of carbonyl (C=O) groups is 2. The van der Waals surface area contributed by atoms with Gasteiger partial charge in [-0.05, 0) is 56.7 Å². The summed E-state index contributed by atoms with van der Waals surface area (Å²) in [7, 11) is 0. The van der Waals surface area contributed by atoms with Crippen LogP contribution in [-0.2, 0) is 11.3 Å². The number of benzene rings is 2. The number of anilines is 1. The summed E-state index contributed by atoms with van der Waals surface area (Å²) in [6.07, 6.45) is 0. The average Bonchev–Trinajstić information content (AvgIpc) is 3.17. The van der Waals surface area contributed by atoms with E-state index in [1.54, 1.807) is 42.5 Å². The fourth-order valence-electron chi connectivity index (χ4n) is 3.09. The number of hydrogen-bond donors (Lipinski definition) is 2. The first-order valence-corrected chi connectivity index (χ1v) is 11.7. The molecule has 0 aliphatic rings. The molecule has 0 spiro atoms. The van der Waals surface area contributed by atoms with E-state index in [4.69, 9.17) is 23.2 Å². The van der Waals surface area contributed by atoms with E-state index in [-0.39, 0.29) is 17.6 Å². The van der Waals surface area contributed by atoms with E-state index in [1.165, 1.54) is 11.8 Å². The largest absolute Gasteiger partial charge is 0.342 e. The van der Waals surface area contributed by atoms with Gasteiger partial charge in [0.25, 0.3) is 5.91 Å². The van der Waals surface area contributed by atoms with E-state index < -0.39 is 6.04 Å². The van der Waals surface area contributed by atoms with Crippen molar-refractivity contribution in [2.45, 2.75) is 38.5 Å². The van der Waals surface area contributed by atoms with Crippen molar-refractivity contribution >= 4 is 52.5 Å². The molecule has 0 saturated heterocycles. The van der Waals surface area contributed by atoms with Crippen molar-refractivity contribution in [1.29, 1.82) is 0 Å². The predicted molar refractivity (Wildman–Crippen MR) is 129 cm³/mol. The highest BCUT2D eigenvalue weighted by Crippen LogP contribution is 2.23. The third-order valence-corrected chi connectivity index (χ3v) is 6.24. The van der Waals surface area contributed by atoms with Crippen LogP contribution in [0.5, 0.6) is 0 Å². The van der Waals surface area contributed by atoms with Gasteiger partial charge in [0, 0.05) is 17.3 Å². The molecular weight excluding hydrogens is 469 g/mol. The van der Waals surface area contributed by atoms with Crippen LogP contribution in [-0.4, -0.2) is 32.3 Å². The Bertz CT molecular complexity index is 1140. The fourth-order valence-corrected chi connectivity index (χ4v) is 4.35. The summed E-state index contributed by atoms with van der Waals surface area (Å²) in [4.78, 5) is 25.0. The van der Waals surface area contributed by atoms with E-state index in [2.05, 4.69) is 20.8 Å². The van der Waals surface area contributed by atoms with Crippen molar-refractivity contribution in [2.24, 2.45) is 0 Å². The number of thioether (sulfide) groups is 1. The number of nitrogens with zero attached hydrogens (tertiary/aromatic N) is 3. The summed E-state index contributed by atoms with van der Waals surface area (Å²) >= 11 is 13.4. The zero-order chi connectivity index (χ0) is 23.3. The summed E-state index contributed by atoms with van der Waals surface area (Å²) < 4.78 is 1.88. The van der Waals surface area contributed by atoms with Crippen molar-refractivity contribution in [3.8, 4) is 0 Å². The zero-order valence-electron chi connectivity index (χ0n) is 17.9. The van der Waals surface area contributed by atoms with Gasteiger partial charge in [0.15, 0.2) is 11.0 Å². The molecule has 3 rings (SSSR count). The first-order chi connectivity index (χ1) is 15.3. The fraction of sp³-hybridized carbons (Fsp3) is 0.273. The van der Waals surface area contributed by atoms with Crippen LogP contribution in [0, 0.1) is 6.92 Å². The number of aryl methyl sites for hydroxylation is 1. The summed E-state index contributed by atoms with van der Waals surface area (Å²) in [5.74, 6) is 0.318. The minimum Gasteiger partial charge on any atom is -0.342 e. The molecule has 2 N–H and O–H groups in total. The van der Waals surface area contributed by atoms with Gasteiger partial charge in [-0.2, -0.15) is 0 Å². The van der Waals surface area contributed by atoms with Crippen molar-refractivity contribution in [1.82, 2.24) is 20.1 Å². The van der Waals surface area contributed by atoms with Gasteiger partial charge in [0.05, 0.1) is 22.4 Å². The highest BCUT2D eigenvalue weighted by Gasteiger charge is 2.21. The lowest BCUT2D eigenvalue weighted by Crippen LogP contribution is -2.29. The summed E-state index contributed by atoms with van der Waals surface area (Å²) in [5.41, 5.74) is 2.00. The third-order valence-electron chi connectivity index (χ3n) is 4.71. The molecule has 2 amide bonds. The third kappa shape index (κ3) is 5.82. The maximum absolute atomic E-state index is 12.6. The second-order valence-corrected chi connectivity index (χ2v) is 8.84. The monoisotopic (exact) mass is 491 g/mol. The van der Waals surface area contributed by atoms with Gasteiger partial charge in [-0.25, -0.2) is 0 Å². The number of rotatable bonds is 8. The van der Waals surface area contributed by atoms with Gasteiger partial charge in [-0.3, -0.25) is 9.59 Å². The predicted octanol–water partition coefficient (Wildman–Crippen LogP) is 5.14. The normalized spacial score (nSPS) is 11.8. The van der Waals surface area contributed by atoms with Gasteiger partial charge in [-0.15, -0.1) is 10.2 Å².